The lowest BCUT2D eigenvalue weighted by atomic mass is 9.84. The van der Waals surface area contributed by atoms with Crippen molar-refractivity contribution in [1.82, 2.24) is 9.80 Å². The molecule has 1 heterocycles. The minimum absolute atomic E-state index is 0.289. The number of hydrogen-bond acceptors (Lipinski definition) is 3. The Bertz CT molecular complexity index is 276. The minimum Gasteiger partial charge on any atom is -0.329 e. The highest BCUT2D eigenvalue weighted by molar-refractivity contribution is 5.02. The fourth-order valence-electron chi connectivity index (χ4n) is 3.57. The van der Waals surface area contributed by atoms with E-state index in [-0.39, 0.29) is 5.54 Å². The second-order valence-corrected chi connectivity index (χ2v) is 7.34. The third-order valence-electron chi connectivity index (χ3n) is 5.00. The Labute approximate surface area is 119 Å². The summed E-state index contributed by atoms with van der Waals surface area (Å²) in [6, 6.07) is 1.51. The second kappa shape index (κ2) is 6.11. The van der Waals surface area contributed by atoms with Crippen LogP contribution in [0.5, 0.6) is 0 Å². The summed E-state index contributed by atoms with van der Waals surface area (Å²) in [6.07, 6.45) is 5.29. The van der Waals surface area contributed by atoms with Gasteiger partial charge in [0.2, 0.25) is 0 Å². The van der Waals surface area contributed by atoms with E-state index in [4.69, 9.17) is 5.73 Å². The fraction of sp³-hybridized carbons (Fsp3) is 1.00. The quantitative estimate of drug-likeness (QED) is 0.801. The molecule has 0 aromatic rings. The summed E-state index contributed by atoms with van der Waals surface area (Å²) in [5.41, 5.74) is 6.53. The molecule has 0 spiro atoms. The standard InChI is InChI=1S/C16H33N3/c1-13(2)11-19(15-5-6-15)16(12-17)7-9-18(10-8-16)14(3)4/h13-15H,5-12,17H2,1-4H3. The highest BCUT2D eigenvalue weighted by Gasteiger charge is 2.45. The maximum absolute atomic E-state index is 6.24. The lowest BCUT2D eigenvalue weighted by molar-refractivity contribution is 0.00522. The van der Waals surface area contributed by atoms with E-state index in [1.807, 2.05) is 0 Å². The number of piperidine rings is 1. The Hall–Kier alpha value is -0.120. The molecule has 0 amide bonds. The van der Waals surface area contributed by atoms with Gasteiger partial charge in [0, 0.05) is 43.8 Å². The molecule has 3 heteroatoms. The summed E-state index contributed by atoms with van der Waals surface area (Å²) < 4.78 is 0. The Balaban J connectivity index is 2.04. The lowest BCUT2D eigenvalue weighted by Crippen LogP contribution is -2.61. The van der Waals surface area contributed by atoms with E-state index in [0.29, 0.717) is 6.04 Å². The smallest absolute Gasteiger partial charge is 0.0359 e. The molecule has 0 bridgehead atoms. The van der Waals surface area contributed by atoms with Gasteiger partial charge in [0.05, 0.1) is 0 Å². The van der Waals surface area contributed by atoms with Crippen LogP contribution >= 0.6 is 0 Å². The molecular weight excluding hydrogens is 234 g/mol. The number of likely N-dealkylation sites (tertiary alicyclic amines) is 1. The third kappa shape index (κ3) is 3.50. The highest BCUT2D eigenvalue weighted by Crippen LogP contribution is 2.38. The van der Waals surface area contributed by atoms with E-state index in [0.717, 1.165) is 18.5 Å². The molecule has 0 aromatic carbocycles. The summed E-state index contributed by atoms with van der Waals surface area (Å²) in [5, 5.41) is 0. The number of nitrogens with two attached hydrogens (primary N) is 1. The molecule has 2 rings (SSSR count). The van der Waals surface area contributed by atoms with Crippen molar-refractivity contribution in [3.05, 3.63) is 0 Å². The summed E-state index contributed by atoms with van der Waals surface area (Å²) in [7, 11) is 0. The average molecular weight is 267 g/mol. The predicted octanol–water partition coefficient (Wildman–Crippen LogP) is 2.31. The molecular formula is C16H33N3. The van der Waals surface area contributed by atoms with Crippen LogP contribution in [0.4, 0.5) is 0 Å². The first-order chi connectivity index (χ1) is 8.98. The molecule has 1 saturated carbocycles. The van der Waals surface area contributed by atoms with Crippen LogP contribution in [0, 0.1) is 5.92 Å². The Morgan fingerprint density at radius 1 is 1.16 bits per heavy atom. The van der Waals surface area contributed by atoms with Gasteiger partial charge in [0.25, 0.3) is 0 Å². The van der Waals surface area contributed by atoms with Gasteiger partial charge in [-0.3, -0.25) is 4.90 Å². The van der Waals surface area contributed by atoms with Crippen molar-refractivity contribution in [2.45, 2.75) is 71.0 Å². The molecule has 0 unspecified atom stereocenters. The molecule has 0 atom stereocenters. The Morgan fingerprint density at radius 2 is 1.74 bits per heavy atom. The predicted molar refractivity (Wildman–Crippen MR) is 82.3 cm³/mol. The van der Waals surface area contributed by atoms with Crippen LogP contribution in [0.15, 0.2) is 0 Å². The maximum atomic E-state index is 6.24. The van der Waals surface area contributed by atoms with Gasteiger partial charge in [-0.05, 0) is 45.4 Å². The van der Waals surface area contributed by atoms with Gasteiger partial charge < -0.3 is 10.6 Å². The van der Waals surface area contributed by atoms with Crippen molar-refractivity contribution in [3.63, 3.8) is 0 Å². The number of rotatable bonds is 6. The van der Waals surface area contributed by atoms with Crippen LogP contribution in [0.3, 0.4) is 0 Å². The van der Waals surface area contributed by atoms with Crippen LogP contribution in [0.1, 0.15) is 53.4 Å². The van der Waals surface area contributed by atoms with Crippen LogP contribution in [-0.2, 0) is 0 Å². The van der Waals surface area contributed by atoms with Crippen molar-refractivity contribution in [2.24, 2.45) is 11.7 Å². The summed E-state index contributed by atoms with van der Waals surface area (Å²) in [5.74, 6) is 0.743. The van der Waals surface area contributed by atoms with E-state index in [1.54, 1.807) is 0 Å². The maximum Gasteiger partial charge on any atom is 0.0359 e. The van der Waals surface area contributed by atoms with E-state index in [9.17, 15) is 0 Å². The Morgan fingerprint density at radius 3 is 2.11 bits per heavy atom. The average Bonchev–Trinajstić information content (AvgIpc) is 3.20. The van der Waals surface area contributed by atoms with Gasteiger partial charge in [0.1, 0.15) is 0 Å². The van der Waals surface area contributed by atoms with Crippen LogP contribution in [-0.4, -0.2) is 53.6 Å². The molecule has 1 aliphatic carbocycles. The second-order valence-electron chi connectivity index (χ2n) is 7.34. The van der Waals surface area contributed by atoms with E-state index in [1.165, 1.54) is 45.3 Å². The summed E-state index contributed by atoms with van der Waals surface area (Å²) >= 11 is 0. The van der Waals surface area contributed by atoms with Crippen LogP contribution < -0.4 is 5.73 Å². The van der Waals surface area contributed by atoms with E-state index >= 15 is 0 Å². The van der Waals surface area contributed by atoms with Gasteiger partial charge >= 0.3 is 0 Å². The topological polar surface area (TPSA) is 32.5 Å². The molecule has 0 radical (unpaired) electrons. The first kappa shape index (κ1) is 15.3. The van der Waals surface area contributed by atoms with Gasteiger partial charge in [0.15, 0.2) is 0 Å². The largest absolute Gasteiger partial charge is 0.329 e. The van der Waals surface area contributed by atoms with Crippen molar-refractivity contribution in [2.75, 3.05) is 26.2 Å². The van der Waals surface area contributed by atoms with E-state index < -0.39 is 0 Å². The van der Waals surface area contributed by atoms with Crippen molar-refractivity contribution in [1.29, 1.82) is 0 Å². The first-order valence-electron chi connectivity index (χ1n) is 8.19. The molecule has 1 aliphatic heterocycles. The molecule has 112 valence electrons. The third-order valence-corrected chi connectivity index (χ3v) is 5.00. The first-order valence-corrected chi connectivity index (χ1v) is 8.19. The summed E-state index contributed by atoms with van der Waals surface area (Å²) in [6.45, 7) is 13.8. The zero-order valence-electron chi connectivity index (χ0n) is 13.4. The normalized spacial score (nSPS) is 24.6. The Kier molecular flexibility index (Phi) is 4.91. The highest BCUT2D eigenvalue weighted by atomic mass is 15.3. The molecule has 1 saturated heterocycles. The SMILES string of the molecule is CC(C)CN(C1CC1)C1(CN)CCN(C(C)C)CC1. The summed E-state index contributed by atoms with van der Waals surface area (Å²) in [4.78, 5) is 5.39. The fourth-order valence-corrected chi connectivity index (χ4v) is 3.57. The molecule has 3 nitrogen and oxygen atoms in total. The zero-order valence-corrected chi connectivity index (χ0v) is 13.4. The monoisotopic (exact) mass is 267 g/mol. The van der Waals surface area contributed by atoms with Gasteiger partial charge in [-0.1, -0.05) is 13.8 Å². The van der Waals surface area contributed by atoms with Crippen LogP contribution in [0.2, 0.25) is 0 Å². The molecule has 2 aliphatic rings. The van der Waals surface area contributed by atoms with Gasteiger partial charge in [-0.2, -0.15) is 0 Å². The minimum atomic E-state index is 0.289. The number of nitrogens with zero attached hydrogens (tertiary/aromatic N) is 2. The van der Waals surface area contributed by atoms with Crippen molar-refractivity contribution < 1.29 is 0 Å². The molecule has 0 aromatic heterocycles. The van der Waals surface area contributed by atoms with E-state index in [2.05, 4.69) is 37.5 Å². The molecule has 2 N–H and O–H groups in total. The zero-order chi connectivity index (χ0) is 14.0. The van der Waals surface area contributed by atoms with Crippen LogP contribution in [0.25, 0.3) is 0 Å². The van der Waals surface area contributed by atoms with Gasteiger partial charge in [-0.25, -0.2) is 0 Å². The number of hydrogen-bond donors (Lipinski definition) is 1. The molecule has 2 fully saturated rings. The van der Waals surface area contributed by atoms with Crippen molar-refractivity contribution >= 4 is 0 Å². The molecule has 19 heavy (non-hydrogen) atoms. The van der Waals surface area contributed by atoms with Gasteiger partial charge in [-0.15, -0.1) is 0 Å². The van der Waals surface area contributed by atoms with Crippen molar-refractivity contribution in [3.8, 4) is 0 Å². The lowest BCUT2D eigenvalue weighted by Gasteiger charge is -2.50.